The minimum Gasteiger partial charge on any atom is -0.112 e. The summed E-state index contributed by atoms with van der Waals surface area (Å²) < 4.78 is 1.33. The van der Waals surface area contributed by atoms with Crippen molar-refractivity contribution in [3.8, 4) is 0 Å². The highest BCUT2D eigenvalue weighted by molar-refractivity contribution is 7.20. The van der Waals surface area contributed by atoms with Gasteiger partial charge in [-0.3, -0.25) is 0 Å². The van der Waals surface area contributed by atoms with Crippen LogP contribution in [0.3, 0.4) is 0 Å². The third-order valence-corrected chi connectivity index (χ3v) is 4.41. The molecule has 2 rings (SSSR count). The van der Waals surface area contributed by atoms with E-state index in [1.807, 2.05) is 37.3 Å². The number of aryl methyl sites for hydroxylation is 1. The van der Waals surface area contributed by atoms with Gasteiger partial charge in [0.15, 0.2) is 0 Å². The van der Waals surface area contributed by atoms with Crippen LogP contribution in [-0.4, -0.2) is 0 Å². The van der Waals surface area contributed by atoms with E-state index in [2.05, 4.69) is 0 Å². The van der Waals surface area contributed by atoms with E-state index < -0.39 is 0 Å². The van der Waals surface area contributed by atoms with E-state index in [0.29, 0.717) is 8.67 Å². The normalized spacial score (nSPS) is 12.8. The van der Waals surface area contributed by atoms with Gasteiger partial charge in [0.05, 0.1) is 14.0 Å². The Morgan fingerprint density at radius 2 is 1.81 bits per heavy atom. The molecule has 0 bridgehead atoms. The van der Waals surface area contributed by atoms with Crippen LogP contribution in [-0.2, 0) is 0 Å². The summed E-state index contributed by atoms with van der Waals surface area (Å²) in [6.45, 7) is 2.03. The van der Waals surface area contributed by atoms with Crippen LogP contribution >= 0.6 is 46.1 Å². The second-order valence-corrected chi connectivity index (χ2v) is 6.22. The Hall–Kier alpha value is -0.210. The van der Waals surface area contributed by atoms with E-state index in [9.17, 15) is 0 Å². The molecule has 0 saturated carbocycles. The topological polar surface area (TPSA) is 0 Å². The van der Waals surface area contributed by atoms with Crippen molar-refractivity contribution >= 4 is 46.1 Å². The molecule has 0 aliphatic carbocycles. The predicted molar refractivity (Wildman–Crippen MR) is 73.2 cm³/mol. The highest BCUT2D eigenvalue weighted by atomic mass is 35.5. The molecule has 1 unspecified atom stereocenters. The minimum atomic E-state index is -0.238. The van der Waals surface area contributed by atoms with Crippen LogP contribution < -0.4 is 0 Å². The zero-order chi connectivity index (χ0) is 11.7. The largest absolute Gasteiger partial charge is 0.112 e. The lowest BCUT2D eigenvalue weighted by Crippen LogP contribution is -1.94. The summed E-state index contributed by atoms with van der Waals surface area (Å²) in [4.78, 5) is 0. The molecule has 0 saturated heterocycles. The Kier molecular flexibility index (Phi) is 3.81. The molecule has 0 amide bonds. The molecule has 1 aromatic heterocycles. The fraction of sp³-hybridized carbons (Fsp3) is 0.167. The SMILES string of the molecule is Cc1ccccc1C(Cl)c1cc(Cl)sc1Cl. The van der Waals surface area contributed by atoms with Crippen molar-refractivity contribution in [1.82, 2.24) is 0 Å². The summed E-state index contributed by atoms with van der Waals surface area (Å²) in [5.41, 5.74) is 3.11. The van der Waals surface area contributed by atoms with Crippen LogP contribution in [0.2, 0.25) is 8.67 Å². The molecule has 0 fully saturated rings. The standard InChI is InChI=1S/C12H9Cl3S/c1-7-4-2-3-5-8(7)11(14)9-6-10(13)16-12(9)15/h2-6,11H,1H3. The summed E-state index contributed by atoms with van der Waals surface area (Å²) in [5, 5.41) is -0.238. The first kappa shape index (κ1) is 12.3. The number of hydrogen-bond acceptors (Lipinski definition) is 1. The monoisotopic (exact) mass is 290 g/mol. The first-order chi connectivity index (χ1) is 7.59. The zero-order valence-corrected chi connectivity index (χ0v) is 11.6. The first-order valence-electron chi connectivity index (χ1n) is 4.74. The van der Waals surface area contributed by atoms with E-state index in [1.54, 1.807) is 0 Å². The van der Waals surface area contributed by atoms with Crippen LogP contribution in [0.25, 0.3) is 0 Å². The maximum absolute atomic E-state index is 6.42. The van der Waals surface area contributed by atoms with Crippen molar-refractivity contribution in [2.75, 3.05) is 0 Å². The van der Waals surface area contributed by atoms with Gasteiger partial charge in [-0.2, -0.15) is 0 Å². The highest BCUT2D eigenvalue weighted by Gasteiger charge is 2.18. The molecular formula is C12H9Cl3S. The second kappa shape index (κ2) is 4.97. The van der Waals surface area contributed by atoms with Crippen molar-refractivity contribution in [3.63, 3.8) is 0 Å². The van der Waals surface area contributed by atoms with Crippen molar-refractivity contribution in [2.45, 2.75) is 12.3 Å². The van der Waals surface area contributed by atoms with E-state index in [-0.39, 0.29) is 5.38 Å². The Morgan fingerprint density at radius 1 is 1.12 bits per heavy atom. The van der Waals surface area contributed by atoms with Gasteiger partial charge in [0.25, 0.3) is 0 Å². The van der Waals surface area contributed by atoms with Gasteiger partial charge < -0.3 is 0 Å². The molecular weight excluding hydrogens is 283 g/mol. The number of hydrogen-bond donors (Lipinski definition) is 0. The first-order valence-corrected chi connectivity index (χ1v) is 6.75. The van der Waals surface area contributed by atoms with E-state index in [4.69, 9.17) is 34.8 Å². The maximum Gasteiger partial charge on any atom is 0.0994 e. The van der Waals surface area contributed by atoms with Gasteiger partial charge in [0, 0.05) is 5.56 Å². The molecule has 2 aromatic rings. The second-order valence-electron chi connectivity index (χ2n) is 3.50. The van der Waals surface area contributed by atoms with Crippen LogP contribution in [0.4, 0.5) is 0 Å². The number of thiophene rings is 1. The van der Waals surface area contributed by atoms with Crippen LogP contribution in [0, 0.1) is 6.92 Å². The minimum absolute atomic E-state index is 0.238. The Balaban J connectivity index is 2.43. The van der Waals surface area contributed by atoms with Gasteiger partial charge >= 0.3 is 0 Å². The molecule has 1 aromatic carbocycles. The summed E-state index contributed by atoms with van der Waals surface area (Å²) >= 11 is 19.8. The number of rotatable bonds is 2. The van der Waals surface area contributed by atoms with Gasteiger partial charge in [0.2, 0.25) is 0 Å². The number of halogens is 3. The van der Waals surface area contributed by atoms with Crippen molar-refractivity contribution < 1.29 is 0 Å². The number of alkyl halides is 1. The predicted octanol–water partition coefficient (Wildman–Crippen LogP) is 5.69. The average molecular weight is 292 g/mol. The van der Waals surface area contributed by atoms with E-state index >= 15 is 0 Å². The third kappa shape index (κ3) is 2.38. The van der Waals surface area contributed by atoms with Gasteiger partial charge in [-0.25, -0.2) is 0 Å². The van der Waals surface area contributed by atoms with Crippen LogP contribution in [0.15, 0.2) is 30.3 Å². The molecule has 0 nitrogen and oxygen atoms in total. The molecule has 84 valence electrons. The third-order valence-electron chi connectivity index (χ3n) is 2.42. The molecule has 0 aliphatic heterocycles. The highest BCUT2D eigenvalue weighted by Crippen LogP contribution is 2.41. The van der Waals surface area contributed by atoms with Crippen LogP contribution in [0.5, 0.6) is 0 Å². The summed E-state index contributed by atoms with van der Waals surface area (Å²) in [6, 6.07) is 9.84. The lowest BCUT2D eigenvalue weighted by atomic mass is 10.0. The van der Waals surface area contributed by atoms with E-state index in [1.165, 1.54) is 11.3 Å². The zero-order valence-electron chi connectivity index (χ0n) is 8.51. The smallest absolute Gasteiger partial charge is 0.0994 e. The summed E-state index contributed by atoms with van der Waals surface area (Å²) in [7, 11) is 0. The Morgan fingerprint density at radius 3 is 2.38 bits per heavy atom. The van der Waals surface area contributed by atoms with Gasteiger partial charge in [0.1, 0.15) is 0 Å². The molecule has 0 aliphatic rings. The molecule has 16 heavy (non-hydrogen) atoms. The quantitative estimate of drug-likeness (QED) is 0.623. The number of benzene rings is 1. The van der Waals surface area contributed by atoms with Gasteiger partial charge in [-0.05, 0) is 24.1 Å². The Bertz CT molecular complexity index is 505. The van der Waals surface area contributed by atoms with Crippen molar-refractivity contribution in [3.05, 3.63) is 55.7 Å². The molecule has 1 heterocycles. The fourth-order valence-corrected chi connectivity index (χ4v) is 3.63. The molecule has 1 atom stereocenters. The molecule has 0 N–H and O–H groups in total. The van der Waals surface area contributed by atoms with Crippen molar-refractivity contribution in [1.29, 1.82) is 0 Å². The maximum atomic E-state index is 6.42. The lowest BCUT2D eigenvalue weighted by Gasteiger charge is -2.11. The van der Waals surface area contributed by atoms with Gasteiger partial charge in [-0.15, -0.1) is 22.9 Å². The molecule has 4 heteroatoms. The van der Waals surface area contributed by atoms with Crippen molar-refractivity contribution in [2.24, 2.45) is 0 Å². The lowest BCUT2D eigenvalue weighted by molar-refractivity contribution is 1.12. The average Bonchev–Trinajstić information content (AvgIpc) is 2.58. The van der Waals surface area contributed by atoms with E-state index in [0.717, 1.165) is 16.7 Å². The van der Waals surface area contributed by atoms with Crippen LogP contribution in [0.1, 0.15) is 22.1 Å². The summed E-state index contributed by atoms with van der Waals surface area (Å²) in [5.74, 6) is 0. The Labute approximate surface area is 114 Å². The fourth-order valence-electron chi connectivity index (χ4n) is 1.56. The summed E-state index contributed by atoms with van der Waals surface area (Å²) in [6.07, 6.45) is 0. The van der Waals surface area contributed by atoms with Gasteiger partial charge in [-0.1, -0.05) is 47.5 Å². The molecule has 0 spiro atoms. The molecule has 0 radical (unpaired) electrons.